The Morgan fingerprint density at radius 3 is 2.39 bits per heavy atom. The number of nitrogens with zero attached hydrogens (tertiary/aromatic N) is 3. The summed E-state index contributed by atoms with van der Waals surface area (Å²) in [5.74, 6) is 0. The van der Waals surface area contributed by atoms with Gasteiger partial charge in [0, 0.05) is 42.3 Å². The highest BCUT2D eigenvalue weighted by atomic mass is 35.5. The maximum Gasteiger partial charge on any atom is 0.184 e. The Labute approximate surface area is 190 Å². The van der Waals surface area contributed by atoms with Crippen LogP contribution in [0.25, 0.3) is 32.4 Å². The smallest absolute Gasteiger partial charge is 0.184 e. The first-order valence-corrected chi connectivity index (χ1v) is 11.2. The second kappa shape index (κ2) is 8.17. The Bertz CT molecular complexity index is 1360. The monoisotopic (exact) mass is 444 g/mol. The number of hydrogen-bond donors (Lipinski definition) is 1. The molecule has 0 aliphatic rings. The van der Waals surface area contributed by atoms with E-state index < -0.39 is 0 Å². The molecule has 0 saturated heterocycles. The first-order valence-electron chi connectivity index (χ1n) is 10.0. The average Bonchev–Trinajstić information content (AvgIpc) is 3.23. The van der Waals surface area contributed by atoms with Crippen molar-refractivity contribution in [1.82, 2.24) is 9.97 Å². The third kappa shape index (κ3) is 3.94. The van der Waals surface area contributed by atoms with Crippen molar-refractivity contribution in [1.29, 1.82) is 0 Å². The SMILES string of the molecule is CN(C)c1ccc(-c2nc3ccccc3c3nc(NCc4ccc(Cl)cc4)sc23)cc1. The van der Waals surface area contributed by atoms with E-state index in [2.05, 4.69) is 40.5 Å². The molecule has 154 valence electrons. The molecule has 0 atom stereocenters. The Kier molecular flexibility index (Phi) is 5.22. The minimum absolute atomic E-state index is 0.690. The van der Waals surface area contributed by atoms with Gasteiger partial charge < -0.3 is 10.2 Å². The number of para-hydroxylation sites is 1. The van der Waals surface area contributed by atoms with Gasteiger partial charge in [0.15, 0.2) is 5.13 Å². The quantitative estimate of drug-likeness (QED) is 0.322. The van der Waals surface area contributed by atoms with E-state index in [4.69, 9.17) is 21.6 Å². The summed E-state index contributed by atoms with van der Waals surface area (Å²) in [6, 6.07) is 24.6. The number of halogens is 1. The third-order valence-electron chi connectivity index (χ3n) is 5.25. The fourth-order valence-corrected chi connectivity index (χ4v) is 4.69. The Morgan fingerprint density at radius 2 is 1.65 bits per heavy atom. The van der Waals surface area contributed by atoms with Crippen molar-refractivity contribution < 1.29 is 0 Å². The van der Waals surface area contributed by atoms with Gasteiger partial charge in [-0.1, -0.05) is 65.4 Å². The van der Waals surface area contributed by atoms with Gasteiger partial charge in [-0.3, -0.25) is 0 Å². The summed E-state index contributed by atoms with van der Waals surface area (Å²) in [6.07, 6.45) is 0. The lowest BCUT2D eigenvalue weighted by Gasteiger charge is -2.13. The van der Waals surface area contributed by atoms with Gasteiger partial charge >= 0.3 is 0 Å². The van der Waals surface area contributed by atoms with Crippen molar-refractivity contribution in [2.75, 3.05) is 24.3 Å². The van der Waals surface area contributed by atoms with Crippen LogP contribution in [-0.4, -0.2) is 24.1 Å². The second-order valence-electron chi connectivity index (χ2n) is 7.60. The van der Waals surface area contributed by atoms with Gasteiger partial charge in [-0.25, -0.2) is 9.97 Å². The summed E-state index contributed by atoms with van der Waals surface area (Å²) < 4.78 is 1.09. The predicted octanol–water partition coefficient (Wildman–Crippen LogP) is 6.84. The first-order chi connectivity index (χ1) is 15.1. The van der Waals surface area contributed by atoms with E-state index in [-0.39, 0.29) is 0 Å². The summed E-state index contributed by atoms with van der Waals surface area (Å²) in [6.45, 7) is 0.690. The molecule has 0 amide bonds. The Hall–Kier alpha value is -3.15. The molecule has 0 fully saturated rings. The normalized spacial score (nSPS) is 11.2. The van der Waals surface area contributed by atoms with Crippen LogP contribution in [0.1, 0.15) is 5.56 Å². The van der Waals surface area contributed by atoms with E-state index in [1.165, 1.54) is 0 Å². The van der Waals surface area contributed by atoms with Gasteiger partial charge in [0.1, 0.15) is 0 Å². The molecule has 0 unspecified atom stereocenters. The molecule has 4 nitrogen and oxygen atoms in total. The minimum Gasteiger partial charge on any atom is -0.378 e. The second-order valence-corrected chi connectivity index (χ2v) is 9.03. The zero-order chi connectivity index (χ0) is 21.4. The number of aromatic nitrogens is 2. The van der Waals surface area contributed by atoms with Gasteiger partial charge in [-0.15, -0.1) is 0 Å². The topological polar surface area (TPSA) is 41.1 Å². The van der Waals surface area contributed by atoms with E-state index in [1.807, 2.05) is 56.6 Å². The Balaban J connectivity index is 1.58. The van der Waals surface area contributed by atoms with Gasteiger partial charge in [-0.05, 0) is 35.9 Å². The maximum absolute atomic E-state index is 6.00. The van der Waals surface area contributed by atoms with Crippen molar-refractivity contribution in [2.24, 2.45) is 0 Å². The number of thiazole rings is 1. The summed E-state index contributed by atoms with van der Waals surface area (Å²) in [7, 11) is 4.09. The van der Waals surface area contributed by atoms with Crippen molar-refractivity contribution >= 4 is 54.9 Å². The van der Waals surface area contributed by atoms with Gasteiger partial charge in [0.25, 0.3) is 0 Å². The number of nitrogens with one attached hydrogen (secondary N) is 1. The molecular formula is C25H21ClN4S. The molecular weight excluding hydrogens is 424 g/mol. The lowest BCUT2D eigenvalue weighted by atomic mass is 10.1. The molecule has 6 heteroatoms. The molecule has 0 bridgehead atoms. The highest BCUT2D eigenvalue weighted by molar-refractivity contribution is 7.22. The average molecular weight is 445 g/mol. The zero-order valence-corrected chi connectivity index (χ0v) is 18.8. The molecule has 5 aromatic rings. The molecule has 2 aromatic heterocycles. The van der Waals surface area contributed by atoms with Crippen LogP contribution in [0.4, 0.5) is 10.8 Å². The predicted molar refractivity (Wildman–Crippen MR) is 133 cm³/mol. The van der Waals surface area contributed by atoms with Crippen LogP contribution in [0.15, 0.2) is 72.8 Å². The van der Waals surface area contributed by atoms with Crippen LogP contribution in [0.3, 0.4) is 0 Å². The van der Waals surface area contributed by atoms with Crippen LogP contribution in [0.2, 0.25) is 5.02 Å². The first kappa shape index (κ1) is 19.8. The largest absolute Gasteiger partial charge is 0.378 e. The molecule has 0 spiro atoms. The number of fused-ring (bicyclic) bond motifs is 3. The molecule has 31 heavy (non-hydrogen) atoms. The standard InChI is InChI=1S/C25H21ClN4S/c1-30(2)19-13-9-17(10-14-19)22-24-23(20-5-3-4-6-21(20)28-22)29-25(31-24)27-15-16-7-11-18(26)12-8-16/h3-14H,15H2,1-2H3,(H,27,29). The highest BCUT2D eigenvalue weighted by Crippen LogP contribution is 2.38. The summed E-state index contributed by atoms with van der Waals surface area (Å²) >= 11 is 7.65. The molecule has 0 radical (unpaired) electrons. The van der Waals surface area contributed by atoms with Gasteiger partial charge in [0.2, 0.25) is 0 Å². The zero-order valence-electron chi connectivity index (χ0n) is 17.3. The minimum atomic E-state index is 0.690. The fourth-order valence-electron chi connectivity index (χ4n) is 3.57. The lowest BCUT2D eigenvalue weighted by molar-refractivity contribution is 1.13. The Morgan fingerprint density at radius 1 is 0.903 bits per heavy atom. The number of pyridine rings is 1. The lowest BCUT2D eigenvalue weighted by Crippen LogP contribution is -2.07. The number of hydrogen-bond acceptors (Lipinski definition) is 5. The summed E-state index contributed by atoms with van der Waals surface area (Å²) in [5, 5.41) is 6.16. The van der Waals surface area contributed by atoms with Crippen LogP contribution in [0.5, 0.6) is 0 Å². The molecule has 0 saturated carbocycles. The van der Waals surface area contributed by atoms with Crippen LogP contribution in [0, 0.1) is 0 Å². The molecule has 2 heterocycles. The molecule has 0 aliphatic heterocycles. The van der Waals surface area contributed by atoms with E-state index in [9.17, 15) is 0 Å². The van der Waals surface area contributed by atoms with Crippen LogP contribution < -0.4 is 10.2 Å². The summed E-state index contributed by atoms with van der Waals surface area (Å²) in [5.41, 5.74) is 6.32. The van der Waals surface area contributed by atoms with Crippen molar-refractivity contribution in [3.05, 3.63) is 83.4 Å². The molecule has 0 aliphatic carbocycles. The molecule has 1 N–H and O–H groups in total. The van der Waals surface area contributed by atoms with Crippen molar-refractivity contribution in [3.63, 3.8) is 0 Å². The maximum atomic E-state index is 6.00. The number of benzene rings is 3. The van der Waals surface area contributed by atoms with E-state index >= 15 is 0 Å². The van der Waals surface area contributed by atoms with Gasteiger partial charge in [-0.2, -0.15) is 0 Å². The van der Waals surface area contributed by atoms with Crippen LogP contribution >= 0.6 is 22.9 Å². The van der Waals surface area contributed by atoms with Crippen molar-refractivity contribution in [2.45, 2.75) is 6.54 Å². The van der Waals surface area contributed by atoms with E-state index in [0.717, 1.165) is 53.8 Å². The molecule has 5 rings (SSSR count). The summed E-state index contributed by atoms with van der Waals surface area (Å²) in [4.78, 5) is 12.0. The van der Waals surface area contributed by atoms with Gasteiger partial charge in [0.05, 0.1) is 21.4 Å². The van der Waals surface area contributed by atoms with Crippen LogP contribution in [-0.2, 0) is 6.54 Å². The number of anilines is 2. The third-order valence-corrected chi connectivity index (χ3v) is 6.52. The van der Waals surface area contributed by atoms with E-state index in [1.54, 1.807) is 11.3 Å². The van der Waals surface area contributed by atoms with Crippen molar-refractivity contribution in [3.8, 4) is 11.3 Å². The highest BCUT2D eigenvalue weighted by Gasteiger charge is 2.15. The molecule has 3 aromatic carbocycles. The number of rotatable bonds is 5. The fraction of sp³-hybridized carbons (Fsp3) is 0.120. The van der Waals surface area contributed by atoms with E-state index in [0.29, 0.717) is 6.54 Å².